The molecule has 0 radical (unpaired) electrons. The van der Waals surface area contributed by atoms with Gasteiger partial charge in [0.1, 0.15) is 5.82 Å². The van der Waals surface area contributed by atoms with Crippen LogP contribution in [0.2, 0.25) is 0 Å². The van der Waals surface area contributed by atoms with Crippen molar-refractivity contribution in [2.75, 3.05) is 0 Å². The Hall–Kier alpha value is -1.22. The molecule has 0 bridgehead atoms. The Balaban J connectivity index is 2.74. The molecule has 0 aliphatic carbocycles. The first kappa shape index (κ1) is 10.9. The number of carbonyl (C=O) groups is 1. The molecule has 2 N–H and O–H groups in total. The highest BCUT2D eigenvalue weighted by Gasteiger charge is 2.14. The van der Waals surface area contributed by atoms with Crippen LogP contribution in [-0.2, 0) is 0 Å². The SMILES string of the molecule is CCCC(N)C(=O)c1ccc(F)cc1. The summed E-state index contributed by atoms with van der Waals surface area (Å²) < 4.78 is 12.6. The molecule has 0 amide bonds. The first-order valence-corrected chi connectivity index (χ1v) is 4.70. The molecule has 0 saturated heterocycles. The van der Waals surface area contributed by atoms with Crippen LogP contribution in [0.3, 0.4) is 0 Å². The second-order valence-corrected chi connectivity index (χ2v) is 3.27. The van der Waals surface area contributed by atoms with Gasteiger partial charge >= 0.3 is 0 Å². The lowest BCUT2D eigenvalue weighted by Gasteiger charge is -2.08. The Morgan fingerprint density at radius 1 is 1.43 bits per heavy atom. The molecule has 76 valence electrons. The lowest BCUT2D eigenvalue weighted by atomic mass is 10.0. The average Bonchev–Trinajstić information content (AvgIpc) is 2.18. The van der Waals surface area contributed by atoms with E-state index in [1.165, 1.54) is 24.3 Å². The summed E-state index contributed by atoms with van der Waals surface area (Å²) in [6.07, 6.45) is 1.53. The zero-order valence-electron chi connectivity index (χ0n) is 8.16. The molecule has 3 heteroatoms. The van der Waals surface area contributed by atoms with Crippen molar-refractivity contribution >= 4 is 5.78 Å². The summed E-state index contributed by atoms with van der Waals surface area (Å²) in [5, 5.41) is 0. The molecular formula is C11H14FNO. The number of hydrogen-bond donors (Lipinski definition) is 1. The number of carbonyl (C=O) groups excluding carboxylic acids is 1. The Morgan fingerprint density at radius 2 is 2.00 bits per heavy atom. The first-order valence-electron chi connectivity index (χ1n) is 4.70. The number of benzene rings is 1. The highest BCUT2D eigenvalue weighted by Crippen LogP contribution is 2.07. The van der Waals surface area contributed by atoms with Crippen LogP contribution in [0.15, 0.2) is 24.3 Å². The van der Waals surface area contributed by atoms with Crippen LogP contribution in [0.4, 0.5) is 4.39 Å². The normalized spacial score (nSPS) is 12.5. The molecule has 0 saturated carbocycles. The zero-order chi connectivity index (χ0) is 10.6. The van der Waals surface area contributed by atoms with Gasteiger partial charge in [0, 0.05) is 5.56 Å². The standard InChI is InChI=1S/C11H14FNO/c1-2-3-10(13)11(14)8-4-6-9(12)7-5-8/h4-7,10H,2-3,13H2,1H3. The molecule has 1 atom stereocenters. The van der Waals surface area contributed by atoms with Crippen molar-refractivity contribution in [3.8, 4) is 0 Å². The van der Waals surface area contributed by atoms with Crippen molar-refractivity contribution in [1.29, 1.82) is 0 Å². The zero-order valence-corrected chi connectivity index (χ0v) is 8.16. The number of Topliss-reactive ketones (excluding diaryl/α,β-unsaturated/α-hetero) is 1. The molecule has 0 aliphatic heterocycles. The maximum Gasteiger partial charge on any atom is 0.179 e. The van der Waals surface area contributed by atoms with Crippen molar-refractivity contribution in [3.05, 3.63) is 35.6 Å². The van der Waals surface area contributed by atoms with Crippen LogP contribution in [-0.4, -0.2) is 11.8 Å². The van der Waals surface area contributed by atoms with Crippen LogP contribution in [0, 0.1) is 5.82 Å². The fourth-order valence-electron chi connectivity index (χ4n) is 1.27. The van der Waals surface area contributed by atoms with E-state index in [9.17, 15) is 9.18 Å². The van der Waals surface area contributed by atoms with Gasteiger partial charge in [-0.15, -0.1) is 0 Å². The summed E-state index contributed by atoms with van der Waals surface area (Å²) in [5.74, 6) is -0.461. The average molecular weight is 195 g/mol. The molecule has 1 rings (SSSR count). The van der Waals surface area contributed by atoms with Crippen molar-refractivity contribution < 1.29 is 9.18 Å². The van der Waals surface area contributed by atoms with Gasteiger partial charge in [-0.05, 0) is 30.7 Å². The van der Waals surface area contributed by atoms with E-state index < -0.39 is 6.04 Å². The van der Waals surface area contributed by atoms with E-state index in [1.54, 1.807) is 0 Å². The van der Waals surface area contributed by atoms with E-state index in [-0.39, 0.29) is 11.6 Å². The highest BCUT2D eigenvalue weighted by molar-refractivity contribution is 5.99. The predicted octanol–water partition coefficient (Wildman–Crippen LogP) is 2.14. The second-order valence-electron chi connectivity index (χ2n) is 3.27. The van der Waals surface area contributed by atoms with Crippen molar-refractivity contribution in [2.45, 2.75) is 25.8 Å². The van der Waals surface area contributed by atoms with Gasteiger partial charge < -0.3 is 5.73 Å². The van der Waals surface area contributed by atoms with Crippen LogP contribution < -0.4 is 5.73 Å². The molecule has 0 aliphatic rings. The lowest BCUT2D eigenvalue weighted by Crippen LogP contribution is -2.30. The van der Waals surface area contributed by atoms with Crippen molar-refractivity contribution in [2.24, 2.45) is 5.73 Å². The molecule has 1 aromatic rings. The molecule has 0 aromatic heterocycles. The van der Waals surface area contributed by atoms with E-state index in [2.05, 4.69) is 0 Å². The minimum absolute atomic E-state index is 0.119. The summed E-state index contributed by atoms with van der Waals surface area (Å²) in [5.41, 5.74) is 6.13. The summed E-state index contributed by atoms with van der Waals surface area (Å²) in [7, 11) is 0. The van der Waals surface area contributed by atoms with E-state index in [0.717, 1.165) is 6.42 Å². The summed E-state index contributed by atoms with van der Waals surface area (Å²) in [4.78, 5) is 11.6. The van der Waals surface area contributed by atoms with Gasteiger partial charge in [-0.3, -0.25) is 4.79 Å². The molecule has 14 heavy (non-hydrogen) atoms. The van der Waals surface area contributed by atoms with Crippen LogP contribution in [0.5, 0.6) is 0 Å². The van der Waals surface area contributed by atoms with Crippen molar-refractivity contribution in [1.82, 2.24) is 0 Å². The second kappa shape index (κ2) is 4.86. The van der Waals surface area contributed by atoms with Gasteiger partial charge in [-0.2, -0.15) is 0 Å². The van der Waals surface area contributed by atoms with Gasteiger partial charge in [0.2, 0.25) is 0 Å². The monoisotopic (exact) mass is 195 g/mol. The van der Waals surface area contributed by atoms with Crippen LogP contribution in [0.25, 0.3) is 0 Å². The van der Waals surface area contributed by atoms with E-state index in [1.807, 2.05) is 6.92 Å². The molecule has 0 heterocycles. The third-order valence-corrected chi connectivity index (χ3v) is 2.07. The molecule has 1 unspecified atom stereocenters. The van der Waals surface area contributed by atoms with E-state index >= 15 is 0 Å². The van der Waals surface area contributed by atoms with Gasteiger partial charge in [-0.1, -0.05) is 13.3 Å². The summed E-state index contributed by atoms with van der Waals surface area (Å²) in [6.45, 7) is 1.97. The Morgan fingerprint density at radius 3 is 2.50 bits per heavy atom. The molecule has 1 aromatic carbocycles. The van der Waals surface area contributed by atoms with Crippen LogP contribution in [0.1, 0.15) is 30.1 Å². The number of hydrogen-bond acceptors (Lipinski definition) is 2. The van der Waals surface area contributed by atoms with Gasteiger partial charge in [0.05, 0.1) is 6.04 Å². The Kier molecular flexibility index (Phi) is 3.77. The summed E-state index contributed by atoms with van der Waals surface area (Å²) in [6, 6.07) is 5.00. The third-order valence-electron chi connectivity index (χ3n) is 2.07. The Labute approximate surface area is 82.9 Å². The van der Waals surface area contributed by atoms with Gasteiger partial charge in [-0.25, -0.2) is 4.39 Å². The molecule has 2 nitrogen and oxygen atoms in total. The Bertz CT molecular complexity index is 308. The van der Waals surface area contributed by atoms with Gasteiger partial charge in [0.15, 0.2) is 5.78 Å². The fourth-order valence-corrected chi connectivity index (χ4v) is 1.27. The third kappa shape index (κ3) is 2.64. The number of ketones is 1. The highest BCUT2D eigenvalue weighted by atomic mass is 19.1. The number of nitrogens with two attached hydrogens (primary N) is 1. The quantitative estimate of drug-likeness (QED) is 0.748. The number of rotatable bonds is 4. The molecular weight excluding hydrogens is 181 g/mol. The lowest BCUT2D eigenvalue weighted by molar-refractivity contribution is 0.0957. The minimum atomic E-state index is -0.467. The summed E-state index contributed by atoms with van der Waals surface area (Å²) >= 11 is 0. The molecule has 0 spiro atoms. The maximum absolute atomic E-state index is 12.6. The van der Waals surface area contributed by atoms with Gasteiger partial charge in [0.25, 0.3) is 0 Å². The molecule has 0 fully saturated rings. The predicted molar refractivity (Wildman–Crippen MR) is 53.6 cm³/mol. The number of halogens is 1. The van der Waals surface area contributed by atoms with Crippen LogP contribution >= 0.6 is 0 Å². The topological polar surface area (TPSA) is 43.1 Å². The largest absolute Gasteiger partial charge is 0.321 e. The van der Waals surface area contributed by atoms with E-state index in [0.29, 0.717) is 12.0 Å². The van der Waals surface area contributed by atoms with E-state index in [4.69, 9.17) is 5.73 Å². The minimum Gasteiger partial charge on any atom is -0.321 e. The fraction of sp³-hybridized carbons (Fsp3) is 0.364. The smallest absolute Gasteiger partial charge is 0.179 e. The van der Waals surface area contributed by atoms with Crippen molar-refractivity contribution in [3.63, 3.8) is 0 Å². The maximum atomic E-state index is 12.6. The first-order chi connectivity index (χ1) is 6.65.